The second-order valence-electron chi connectivity index (χ2n) is 6.59. The molecule has 0 aliphatic carbocycles. The Bertz CT molecular complexity index is 701. The second kappa shape index (κ2) is 6.77. The van der Waals surface area contributed by atoms with Crippen molar-refractivity contribution >= 4 is 11.6 Å². The highest BCUT2D eigenvalue weighted by atomic mass is 16.5. The molecule has 0 bridgehead atoms. The molecule has 1 saturated heterocycles. The second-order valence-corrected chi connectivity index (χ2v) is 6.59. The molecule has 0 saturated carbocycles. The van der Waals surface area contributed by atoms with Crippen molar-refractivity contribution in [2.24, 2.45) is 0 Å². The Morgan fingerprint density at radius 3 is 2.42 bits per heavy atom. The summed E-state index contributed by atoms with van der Waals surface area (Å²) in [5, 5.41) is 7.63. The van der Waals surface area contributed by atoms with Gasteiger partial charge in [0.1, 0.15) is 5.76 Å². The van der Waals surface area contributed by atoms with Gasteiger partial charge in [-0.05, 0) is 51.8 Å². The van der Waals surface area contributed by atoms with Gasteiger partial charge in [-0.3, -0.25) is 4.79 Å². The lowest BCUT2D eigenvalue weighted by atomic mass is 10.0. The van der Waals surface area contributed by atoms with E-state index >= 15 is 0 Å². The van der Waals surface area contributed by atoms with Crippen molar-refractivity contribution in [2.45, 2.75) is 52.6 Å². The van der Waals surface area contributed by atoms with Crippen molar-refractivity contribution < 1.29 is 9.32 Å². The molecule has 24 heavy (non-hydrogen) atoms. The standard InChI is InChI=1S/C19H25N3O2/c1-12(20-13(2)19-14(3)21-24-15(19)4)16-7-9-17(10-8-16)22-11-5-6-18(22)23/h7-10,12-13,20H,5-6,11H2,1-4H3/t12-,13+/m1/s1. The SMILES string of the molecule is Cc1noc(C)c1[C@H](C)N[C@H](C)c1ccc(N2CCCC2=O)cc1. The van der Waals surface area contributed by atoms with E-state index in [1.54, 1.807) is 0 Å². The summed E-state index contributed by atoms with van der Waals surface area (Å²) in [5.41, 5.74) is 4.25. The number of carbonyl (C=O) groups is 1. The minimum Gasteiger partial charge on any atom is -0.361 e. The molecular weight excluding hydrogens is 302 g/mol. The number of hydrogen-bond acceptors (Lipinski definition) is 4. The monoisotopic (exact) mass is 327 g/mol. The van der Waals surface area contributed by atoms with Crippen LogP contribution in [-0.2, 0) is 4.79 Å². The first kappa shape index (κ1) is 16.7. The van der Waals surface area contributed by atoms with Crippen LogP contribution in [0.3, 0.4) is 0 Å². The van der Waals surface area contributed by atoms with Gasteiger partial charge in [0.25, 0.3) is 0 Å². The number of nitrogens with zero attached hydrogens (tertiary/aromatic N) is 2. The van der Waals surface area contributed by atoms with E-state index in [0.29, 0.717) is 6.42 Å². The van der Waals surface area contributed by atoms with Crippen LogP contribution < -0.4 is 10.2 Å². The summed E-state index contributed by atoms with van der Waals surface area (Å²) in [6.07, 6.45) is 1.61. The van der Waals surface area contributed by atoms with Gasteiger partial charge in [0.15, 0.2) is 0 Å². The van der Waals surface area contributed by atoms with Gasteiger partial charge in [-0.2, -0.15) is 0 Å². The molecule has 1 amide bonds. The highest BCUT2D eigenvalue weighted by Gasteiger charge is 2.22. The lowest BCUT2D eigenvalue weighted by Crippen LogP contribution is -2.24. The molecule has 1 aromatic carbocycles. The summed E-state index contributed by atoms with van der Waals surface area (Å²) in [5.74, 6) is 1.09. The Balaban J connectivity index is 1.69. The molecule has 0 radical (unpaired) electrons. The predicted octanol–water partition coefficient (Wildman–Crippen LogP) is 3.83. The van der Waals surface area contributed by atoms with E-state index in [1.165, 1.54) is 5.56 Å². The summed E-state index contributed by atoms with van der Waals surface area (Å²) >= 11 is 0. The molecule has 1 aliphatic heterocycles. The number of anilines is 1. The molecule has 3 rings (SSSR count). The number of carbonyl (C=O) groups excluding carboxylic acids is 1. The van der Waals surface area contributed by atoms with E-state index < -0.39 is 0 Å². The summed E-state index contributed by atoms with van der Waals surface area (Å²) in [7, 11) is 0. The van der Waals surface area contributed by atoms with Crippen LogP contribution in [0.4, 0.5) is 5.69 Å². The average molecular weight is 327 g/mol. The van der Waals surface area contributed by atoms with Gasteiger partial charge in [0.2, 0.25) is 5.91 Å². The first-order chi connectivity index (χ1) is 11.5. The van der Waals surface area contributed by atoms with Gasteiger partial charge in [0.05, 0.1) is 5.69 Å². The minimum absolute atomic E-state index is 0.158. The van der Waals surface area contributed by atoms with Gasteiger partial charge < -0.3 is 14.7 Å². The number of benzene rings is 1. The summed E-state index contributed by atoms with van der Waals surface area (Å²) in [6.45, 7) is 9.01. The first-order valence-electron chi connectivity index (χ1n) is 8.56. The third kappa shape index (κ3) is 3.22. The summed E-state index contributed by atoms with van der Waals surface area (Å²) in [4.78, 5) is 13.7. The Morgan fingerprint density at radius 2 is 1.88 bits per heavy atom. The van der Waals surface area contributed by atoms with Crippen LogP contribution in [0, 0.1) is 13.8 Å². The molecule has 2 atom stereocenters. The minimum atomic E-state index is 0.158. The molecule has 5 heteroatoms. The van der Waals surface area contributed by atoms with E-state index in [1.807, 2.05) is 30.9 Å². The number of nitrogens with one attached hydrogen (secondary N) is 1. The topological polar surface area (TPSA) is 58.4 Å². The van der Waals surface area contributed by atoms with Crippen molar-refractivity contribution in [1.29, 1.82) is 0 Å². The fraction of sp³-hybridized carbons (Fsp3) is 0.474. The van der Waals surface area contributed by atoms with Crippen LogP contribution in [0.15, 0.2) is 28.8 Å². The van der Waals surface area contributed by atoms with Gasteiger partial charge in [0, 0.05) is 36.3 Å². The Labute approximate surface area is 143 Å². The Morgan fingerprint density at radius 1 is 1.17 bits per heavy atom. The quantitative estimate of drug-likeness (QED) is 0.907. The molecule has 2 heterocycles. The molecular formula is C19H25N3O2. The zero-order valence-electron chi connectivity index (χ0n) is 14.8. The highest BCUT2D eigenvalue weighted by molar-refractivity contribution is 5.95. The largest absolute Gasteiger partial charge is 0.361 e. The van der Waals surface area contributed by atoms with Crippen LogP contribution >= 0.6 is 0 Å². The number of aromatic nitrogens is 1. The maximum absolute atomic E-state index is 11.8. The zero-order chi connectivity index (χ0) is 17.3. The van der Waals surface area contributed by atoms with E-state index in [4.69, 9.17) is 4.52 Å². The smallest absolute Gasteiger partial charge is 0.227 e. The molecule has 1 N–H and O–H groups in total. The van der Waals surface area contributed by atoms with Crippen molar-refractivity contribution in [2.75, 3.05) is 11.4 Å². The fourth-order valence-electron chi connectivity index (χ4n) is 3.53. The Kier molecular flexibility index (Phi) is 4.71. The van der Waals surface area contributed by atoms with Crippen LogP contribution in [0.1, 0.15) is 61.4 Å². The molecule has 0 unspecified atom stereocenters. The predicted molar refractivity (Wildman–Crippen MR) is 94.0 cm³/mol. The van der Waals surface area contributed by atoms with Gasteiger partial charge in [-0.15, -0.1) is 0 Å². The molecule has 128 valence electrons. The van der Waals surface area contributed by atoms with E-state index in [-0.39, 0.29) is 18.0 Å². The maximum atomic E-state index is 11.8. The molecule has 0 spiro atoms. The number of hydrogen-bond donors (Lipinski definition) is 1. The van der Waals surface area contributed by atoms with Crippen molar-refractivity contribution in [3.05, 3.63) is 46.8 Å². The molecule has 1 aromatic heterocycles. The maximum Gasteiger partial charge on any atom is 0.227 e. The summed E-state index contributed by atoms with van der Waals surface area (Å²) < 4.78 is 5.26. The van der Waals surface area contributed by atoms with Crippen molar-refractivity contribution in [3.8, 4) is 0 Å². The summed E-state index contributed by atoms with van der Waals surface area (Å²) in [6, 6.07) is 8.62. The Hall–Kier alpha value is -2.14. The van der Waals surface area contributed by atoms with Crippen LogP contribution in [0.25, 0.3) is 0 Å². The zero-order valence-corrected chi connectivity index (χ0v) is 14.8. The first-order valence-corrected chi connectivity index (χ1v) is 8.56. The normalized spacial score (nSPS) is 17.3. The van der Waals surface area contributed by atoms with Crippen LogP contribution in [0.5, 0.6) is 0 Å². The van der Waals surface area contributed by atoms with Crippen LogP contribution in [-0.4, -0.2) is 17.6 Å². The third-order valence-electron chi connectivity index (χ3n) is 4.80. The van der Waals surface area contributed by atoms with E-state index in [0.717, 1.165) is 35.7 Å². The number of rotatable bonds is 5. The van der Waals surface area contributed by atoms with Gasteiger partial charge >= 0.3 is 0 Å². The molecule has 1 aliphatic rings. The molecule has 1 fully saturated rings. The average Bonchev–Trinajstić information content (AvgIpc) is 3.13. The molecule has 5 nitrogen and oxygen atoms in total. The van der Waals surface area contributed by atoms with Gasteiger partial charge in [-0.25, -0.2) is 0 Å². The number of aryl methyl sites for hydroxylation is 2. The fourth-order valence-corrected chi connectivity index (χ4v) is 3.53. The van der Waals surface area contributed by atoms with Gasteiger partial charge in [-0.1, -0.05) is 17.3 Å². The lowest BCUT2D eigenvalue weighted by Gasteiger charge is -2.22. The van der Waals surface area contributed by atoms with E-state index in [9.17, 15) is 4.79 Å². The third-order valence-corrected chi connectivity index (χ3v) is 4.80. The number of amides is 1. The van der Waals surface area contributed by atoms with Crippen LogP contribution in [0.2, 0.25) is 0 Å². The highest BCUT2D eigenvalue weighted by Crippen LogP contribution is 2.26. The van der Waals surface area contributed by atoms with Crippen molar-refractivity contribution in [3.63, 3.8) is 0 Å². The van der Waals surface area contributed by atoms with E-state index in [2.05, 4.69) is 36.5 Å². The molecule has 2 aromatic rings. The van der Waals surface area contributed by atoms with Crippen molar-refractivity contribution in [1.82, 2.24) is 10.5 Å². The lowest BCUT2D eigenvalue weighted by molar-refractivity contribution is -0.117.